The minimum atomic E-state index is -0.0930. The first-order valence-electron chi connectivity index (χ1n) is 5.61. The number of benzene rings is 1. The van der Waals surface area contributed by atoms with Gasteiger partial charge < -0.3 is 4.57 Å². The topological polar surface area (TPSA) is 39.1 Å². The van der Waals surface area contributed by atoms with Gasteiger partial charge in [-0.25, -0.2) is 0 Å². The van der Waals surface area contributed by atoms with E-state index in [2.05, 4.69) is 0 Å². The third kappa shape index (κ3) is 1.49. The first-order chi connectivity index (χ1) is 8.58. The molecule has 0 radical (unpaired) electrons. The van der Waals surface area contributed by atoms with Crippen LogP contribution in [0.5, 0.6) is 0 Å². The highest BCUT2D eigenvalue weighted by Crippen LogP contribution is 2.23. The molecule has 0 bridgehead atoms. The Morgan fingerprint density at radius 1 is 1.06 bits per heavy atom. The van der Waals surface area contributed by atoms with Crippen molar-refractivity contribution in [3.8, 4) is 0 Å². The van der Waals surface area contributed by atoms with Crippen molar-refractivity contribution >= 4 is 31.6 Å². The molecular formula is C14H11NO2S. The summed E-state index contributed by atoms with van der Waals surface area (Å²) in [5, 5.41) is 1.34. The van der Waals surface area contributed by atoms with Gasteiger partial charge in [-0.05, 0) is 25.1 Å². The van der Waals surface area contributed by atoms with Gasteiger partial charge in [-0.2, -0.15) is 0 Å². The molecule has 3 aromatic rings. The van der Waals surface area contributed by atoms with Crippen molar-refractivity contribution in [2.45, 2.75) is 6.92 Å². The Labute approximate surface area is 107 Å². The fourth-order valence-electron chi connectivity index (χ4n) is 2.07. The smallest absolute Gasteiger partial charge is 0.251 e. The highest BCUT2D eigenvalue weighted by molar-refractivity contribution is 7.24. The maximum Gasteiger partial charge on any atom is 0.251 e. The minimum Gasteiger partial charge on any atom is -0.303 e. The van der Waals surface area contributed by atoms with Crippen LogP contribution < -0.4 is 11.0 Å². The van der Waals surface area contributed by atoms with Crippen molar-refractivity contribution in [3.05, 3.63) is 56.5 Å². The predicted octanol–water partition coefficient (Wildman–Crippen LogP) is 2.42. The van der Waals surface area contributed by atoms with Gasteiger partial charge in [0.15, 0.2) is 5.43 Å². The average molecular weight is 257 g/mol. The number of fused-ring (bicyclic) bond motifs is 2. The molecule has 0 saturated heterocycles. The van der Waals surface area contributed by atoms with Crippen molar-refractivity contribution < 1.29 is 0 Å². The van der Waals surface area contributed by atoms with Gasteiger partial charge in [0.25, 0.3) is 5.56 Å². The lowest BCUT2D eigenvalue weighted by molar-refractivity contribution is 0.914. The van der Waals surface area contributed by atoms with Crippen LogP contribution in [0.15, 0.2) is 39.9 Å². The third-order valence-electron chi connectivity index (χ3n) is 3.09. The van der Waals surface area contributed by atoms with E-state index in [-0.39, 0.29) is 11.0 Å². The van der Waals surface area contributed by atoms with Crippen molar-refractivity contribution in [1.82, 2.24) is 4.57 Å². The number of aryl methyl sites for hydroxylation is 2. The van der Waals surface area contributed by atoms with Crippen LogP contribution in [0.4, 0.5) is 0 Å². The molecule has 0 aliphatic heterocycles. The zero-order valence-corrected chi connectivity index (χ0v) is 10.9. The molecule has 0 amide bonds. The Bertz CT molecular complexity index is 890. The highest BCUT2D eigenvalue weighted by Gasteiger charge is 2.08. The molecule has 0 aliphatic carbocycles. The molecule has 0 saturated carbocycles. The Morgan fingerprint density at radius 2 is 1.83 bits per heavy atom. The van der Waals surface area contributed by atoms with Crippen LogP contribution in [0.25, 0.3) is 20.3 Å². The molecule has 18 heavy (non-hydrogen) atoms. The molecule has 1 aromatic carbocycles. The van der Waals surface area contributed by atoms with Gasteiger partial charge in [0.2, 0.25) is 0 Å². The van der Waals surface area contributed by atoms with Gasteiger partial charge in [-0.1, -0.05) is 11.6 Å². The third-order valence-corrected chi connectivity index (χ3v) is 4.35. The summed E-state index contributed by atoms with van der Waals surface area (Å²) in [6, 6.07) is 8.88. The zero-order valence-electron chi connectivity index (χ0n) is 10.1. The fraction of sp³-hybridized carbons (Fsp3) is 0.143. The van der Waals surface area contributed by atoms with E-state index in [4.69, 9.17) is 0 Å². The molecule has 0 atom stereocenters. The molecule has 4 heteroatoms. The lowest BCUT2D eigenvalue weighted by Gasteiger charge is -2.05. The highest BCUT2D eigenvalue weighted by atomic mass is 32.1. The summed E-state index contributed by atoms with van der Waals surface area (Å²) in [5.74, 6) is 0. The Kier molecular flexibility index (Phi) is 2.35. The van der Waals surface area contributed by atoms with Crippen LogP contribution in [0.1, 0.15) is 5.56 Å². The maximum atomic E-state index is 12.4. The van der Waals surface area contributed by atoms with Gasteiger partial charge in [-0.3, -0.25) is 9.59 Å². The molecule has 3 nitrogen and oxygen atoms in total. The van der Waals surface area contributed by atoms with Gasteiger partial charge in [0, 0.05) is 23.2 Å². The number of pyridine rings is 1. The van der Waals surface area contributed by atoms with Gasteiger partial charge in [0.05, 0.1) is 5.39 Å². The quantitative estimate of drug-likeness (QED) is 0.580. The SMILES string of the molecule is Cc1ccc2sc3c(ccc(=O)n3C)c(=O)c2c1. The van der Waals surface area contributed by atoms with E-state index < -0.39 is 0 Å². The van der Waals surface area contributed by atoms with E-state index in [0.29, 0.717) is 5.39 Å². The van der Waals surface area contributed by atoms with Crippen LogP contribution >= 0.6 is 11.3 Å². The molecular weight excluding hydrogens is 246 g/mol. The number of hydrogen-bond acceptors (Lipinski definition) is 3. The number of rotatable bonds is 0. The number of hydrogen-bond donors (Lipinski definition) is 0. The minimum absolute atomic E-state index is 0.00181. The van der Waals surface area contributed by atoms with Crippen molar-refractivity contribution in [3.63, 3.8) is 0 Å². The lowest BCUT2D eigenvalue weighted by Crippen LogP contribution is -2.17. The summed E-state index contributed by atoms with van der Waals surface area (Å²) < 4.78 is 2.44. The largest absolute Gasteiger partial charge is 0.303 e. The predicted molar refractivity (Wildman–Crippen MR) is 75.6 cm³/mol. The van der Waals surface area contributed by atoms with Gasteiger partial charge in [0.1, 0.15) is 4.83 Å². The number of nitrogens with zero attached hydrogens (tertiary/aromatic N) is 1. The summed E-state index contributed by atoms with van der Waals surface area (Å²) in [5.41, 5.74) is 0.971. The maximum absolute atomic E-state index is 12.4. The second-order valence-corrected chi connectivity index (χ2v) is 5.41. The molecule has 0 N–H and O–H groups in total. The van der Waals surface area contributed by atoms with E-state index in [1.54, 1.807) is 13.1 Å². The average Bonchev–Trinajstić information content (AvgIpc) is 2.36. The van der Waals surface area contributed by atoms with Crippen LogP contribution in [0.2, 0.25) is 0 Å². The normalized spacial score (nSPS) is 11.2. The summed E-state index contributed by atoms with van der Waals surface area (Å²) in [4.78, 5) is 24.7. The van der Waals surface area contributed by atoms with Gasteiger partial charge >= 0.3 is 0 Å². The summed E-state index contributed by atoms with van der Waals surface area (Å²) in [6.45, 7) is 1.97. The van der Waals surface area contributed by atoms with Crippen molar-refractivity contribution in [2.75, 3.05) is 0 Å². The van der Waals surface area contributed by atoms with Crippen LogP contribution in [-0.2, 0) is 7.05 Å². The molecule has 3 rings (SSSR count). The summed E-state index contributed by atoms with van der Waals surface area (Å²) >= 11 is 1.48. The van der Waals surface area contributed by atoms with Crippen molar-refractivity contribution in [2.24, 2.45) is 7.05 Å². The summed E-state index contributed by atoms with van der Waals surface area (Å²) in [7, 11) is 1.70. The molecule has 0 spiro atoms. The Hall–Kier alpha value is -1.94. The Morgan fingerprint density at radius 3 is 2.61 bits per heavy atom. The van der Waals surface area contributed by atoms with E-state index in [9.17, 15) is 9.59 Å². The second-order valence-electron chi connectivity index (χ2n) is 4.38. The van der Waals surface area contributed by atoms with E-state index in [1.807, 2.05) is 25.1 Å². The fourth-order valence-corrected chi connectivity index (χ4v) is 3.18. The zero-order chi connectivity index (χ0) is 12.9. The standard InChI is InChI=1S/C14H11NO2S/c1-8-3-5-11-10(7-8)13(17)9-4-6-12(16)15(2)14(9)18-11/h3-7H,1-2H3. The van der Waals surface area contributed by atoms with Crippen LogP contribution in [0.3, 0.4) is 0 Å². The summed E-state index contributed by atoms with van der Waals surface area (Å²) in [6.07, 6.45) is 0. The van der Waals surface area contributed by atoms with Crippen molar-refractivity contribution in [1.29, 1.82) is 0 Å². The molecule has 0 aliphatic rings. The molecule has 2 heterocycles. The van der Waals surface area contributed by atoms with Gasteiger partial charge in [-0.15, -0.1) is 11.3 Å². The molecule has 0 fully saturated rings. The molecule has 90 valence electrons. The molecule has 2 aromatic heterocycles. The first kappa shape index (κ1) is 11.2. The first-order valence-corrected chi connectivity index (χ1v) is 6.43. The Balaban J connectivity index is 2.65. The van der Waals surface area contributed by atoms with Crippen LogP contribution in [0, 0.1) is 6.92 Å². The van der Waals surface area contributed by atoms with E-state index in [0.717, 1.165) is 20.5 Å². The molecule has 0 unspecified atom stereocenters. The van der Waals surface area contributed by atoms with Crippen LogP contribution in [-0.4, -0.2) is 4.57 Å². The van der Waals surface area contributed by atoms with E-state index >= 15 is 0 Å². The lowest BCUT2D eigenvalue weighted by atomic mass is 10.1. The van der Waals surface area contributed by atoms with E-state index in [1.165, 1.54) is 22.0 Å². The second kappa shape index (κ2) is 3.78. The monoisotopic (exact) mass is 257 g/mol. The number of aromatic nitrogens is 1.